The minimum absolute atomic E-state index is 0.122. The van der Waals surface area contributed by atoms with Crippen molar-refractivity contribution in [1.29, 1.82) is 0 Å². The fourth-order valence-corrected chi connectivity index (χ4v) is 3.77. The van der Waals surface area contributed by atoms with Crippen LogP contribution in [0.25, 0.3) is 22.2 Å². The van der Waals surface area contributed by atoms with Gasteiger partial charge in [0, 0.05) is 33.9 Å². The van der Waals surface area contributed by atoms with Crippen LogP contribution in [0.3, 0.4) is 0 Å². The highest BCUT2D eigenvalue weighted by atomic mass is 16.5. The van der Waals surface area contributed by atoms with Crippen LogP contribution in [0.15, 0.2) is 60.8 Å². The third kappa shape index (κ3) is 4.10. The van der Waals surface area contributed by atoms with Gasteiger partial charge in [0.2, 0.25) is 0 Å². The summed E-state index contributed by atoms with van der Waals surface area (Å²) in [6, 6.07) is 17.3. The molecule has 0 aliphatic carbocycles. The van der Waals surface area contributed by atoms with Gasteiger partial charge in [0.05, 0.1) is 26.5 Å². The molecule has 2 aromatic heterocycles. The van der Waals surface area contributed by atoms with Crippen LogP contribution in [0.4, 0.5) is 0 Å². The van der Waals surface area contributed by atoms with Crippen LogP contribution in [-0.2, 0) is 13.0 Å². The summed E-state index contributed by atoms with van der Waals surface area (Å²) >= 11 is 0. The number of aryl methyl sites for hydroxylation is 1. The van der Waals surface area contributed by atoms with Crippen molar-refractivity contribution in [3.8, 4) is 22.8 Å². The predicted octanol–water partition coefficient (Wildman–Crippen LogP) is 4.74. The smallest absolute Gasteiger partial charge is 0.251 e. The number of fused-ring (bicyclic) bond motifs is 1. The number of carbonyl (C=O) groups is 1. The number of benzene rings is 2. The number of hydrogen-bond donors (Lipinski definition) is 2. The molecule has 0 fully saturated rings. The van der Waals surface area contributed by atoms with Gasteiger partial charge < -0.3 is 19.8 Å². The van der Waals surface area contributed by atoms with E-state index in [0.29, 0.717) is 23.6 Å². The normalized spacial score (nSPS) is 10.8. The number of H-pyrrole nitrogens is 1. The van der Waals surface area contributed by atoms with Crippen LogP contribution >= 0.6 is 0 Å². The average molecular weight is 415 g/mol. The molecule has 2 N–H and O–H groups in total. The lowest BCUT2D eigenvalue weighted by Gasteiger charge is -2.10. The second-order valence-corrected chi connectivity index (χ2v) is 7.17. The zero-order valence-corrected chi connectivity index (χ0v) is 17.9. The van der Waals surface area contributed by atoms with Crippen molar-refractivity contribution in [2.45, 2.75) is 19.9 Å². The molecule has 0 saturated heterocycles. The predicted molar refractivity (Wildman–Crippen MR) is 122 cm³/mol. The third-order valence-electron chi connectivity index (χ3n) is 5.35. The molecule has 1 amide bonds. The number of pyridine rings is 1. The highest BCUT2D eigenvalue weighted by molar-refractivity contribution is 6.00. The number of nitrogens with one attached hydrogen (secondary N) is 2. The molecular formula is C25H25N3O3. The fraction of sp³-hybridized carbons (Fsp3) is 0.200. The first-order chi connectivity index (χ1) is 15.1. The van der Waals surface area contributed by atoms with Gasteiger partial charge in [-0.3, -0.25) is 9.78 Å². The first-order valence-electron chi connectivity index (χ1n) is 10.2. The first kappa shape index (κ1) is 20.5. The lowest BCUT2D eigenvalue weighted by molar-refractivity contribution is 0.0950. The first-order valence-corrected chi connectivity index (χ1v) is 10.2. The van der Waals surface area contributed by atoms with Crippen LogP contribution in [-0.4, -0.2) is 30.1 Å². The van der Waals surface area contributed by atoms with Crippen LogP contribution in [0.5, 0.6) is 11.5 Å². The fourth-order valence-electron chi connectivity index (χ4n) is 3.77. The van der Waals surface area contributed by atoms with Crippen molar-refractivity contribution in [1.82, 2.24) is 15.3 Å². The largest absolute Gasteiger partial charge is 0.493 e. The Hall–Kier alpha value is -3.80. The van der Waals surface area contributed by atoms with Gasteiger partial charge >= 0.3 is 0 Å². The van der Waals surface area contributed by atoms with E-state index >= 15 is 0 Å². The van der Waals surface area contributed by atoms with Crippen molar-refractivity contribution < 1.29 is 14.3 Å². The second kappa shape index (κ2) is 8.92. The zero-order chi connectivity index (χ0) is 21.8. The minimum Gasteiger partial charge on any atom is -0.493 e. The van der Waals surface area contributed by atoms with Crippen molar-refractivity contribution in [3.05, 3.63) is 77.6 Å². The molecule has 0 spiro atoms. The van der Waals surface area contributed by atoms with Crippen LogP contribution in [0.2, 0.25) is 0 Å². The molecule has 4 aromatic rings. The summed E-state index contributed by atoms with van der Waals surface area (Å²) in [6.45, 7) is 2.50. The molecule has 2 aromatic carbocycles. The number of carbonyl (C=O) groups excluding carboxylic acids is 1. The van der Waals surface area contributed by atoms with Crippen LogP contribution in [0, 0.1) is 0 Å². The maximum Gasteiger partial charge on any atom is 0.251 e. The third-order valence-corrected chi connectivity index (χ3v) is 5.35. The molecule has 2 heterocycles. The number of rotatable bonds is 7. The number of aromatic amines is 1. The molecular weight excluding hydrogens is 390 g/mol. The summed E-state index contributed by atoms with van der Waals surface area (Å²) in [5.74, 6) is 1.24. The number of methoxy groups -OCH3 is 2. The van der Waals surface area contributed by atoms with E-state index in [1.54, 1.807) is 20.4 Å². The van der Waals surface area contributed by atoms with Gasteiger partial charge in [-0.25, -0.2) is 0 Å². The van der Waals surface area contributed by atoms with E-state index in [4.69, 9.17) is 9.47 Å². The van der Waals surface area contributed by atoms with Gasteiger partial charge in [0.1, 0.15) is 0 Å². The summed E-state index contributed by atoms with van der Waals surface area (Å²) in [7, 11) is 3.25. The molecule has 31 heavy (non-hydrogen) atoms. The molecule has 0 aliphatic rings. The van der Waals surface area contributed by atoms with E-state index in [0.717, 1.165) is 39.8 Å². The van der Waals surface area contributed by atoms with Crippen molar-refractivity contribution in [3.63, 3.8) is 0 Å². The SMILES string of the molecule is CCc1c(-c2ccc(OC)c(OC)c2)[nH]c2ccc(C(=O)NCc3ccccn3)cc12. The van der Waals surface area contributed by atoms with E-state index in [9.17, 15) is 4.79 Å². The maximum atomic E-state index is 12.7. The van der Waals surface area contributed by atoms with Crippen LogP contribution in [0.1, 0.15) is 28.5 Å². The van der Waals surface area contributed by atoms with E-state index in [2.05, 4.69) is 22.2 Å². The summed E-state index contributed by atoms with van der Waals surface area (Å²) in [5.41, 5.74) is 5.61. The van der Waals surface area contributed by atoms with Crippen LogP contribution < -0.4 is 14.8 Å². The highest BCUT2D eigenvalue weighted by Gasteiger charge is 2.16. The molecule has 6 heteroatoms. The van der Waals surface area contributed by atoms with Crippen molar-refractivity contribution in [2.75, 3.05) is 14.2 Å². The lowest BCUT2D eigenvalue weighted by atomic mass is 10.0. The Bertz CT molecular complexity index is 1220. The minimum atomic E-state index is -0.122. The zero-order valence-electron chi connectivity index (χ0n) is 17.9. The number of aromatic nitrogens is 2. The molecule has 4 rings (SSSR count). The molecule has 0 unspecified atom stereocenters. The number of nitrogens with zero attached hydrogens (tertiary/aromatic N) is 1. The van der Waals surface area contributed by atoms with E-state index < -0.39 is 0 Å². The van der Waals surface area contributed by atoms with Gasteiger partial charge in [-0.15, -0.1) is 0 Å². The van der Waals surface area contributed by atoms with Gasteiger partial charge in [-0.2, -0.15) is 0 Å². The summed E-state index contributed by atoms with van der Waals surface area (Å²) in [4.78, 5) is 20.5. The molecule has 0 atom stereocenters. The Morgan fingerprint density at radius 3 is 2.58 bits per heavy atom. The van der Waals surface area contributed by atoms with Gasteiger partial charge in [-0.05, 0) is 60.5 Å². The quantitative estimate of drug-likeness (QED) is 0.457. The second-order valence-electron chi connectivity index (χ2n) is 7.17. The van der Waals surface area contributed by atoms with Gasteiger partial charge in [0.15, 0.2) is 11.5 Å². The molecule has 0 radical (unpaired) electrons. The molecule has 158 valence electrons. The topological polar surface area (TPSA) is 76.2 Å². The Kier molecular flexibility index (Phi) is 5.89. The van der Waals surface area contributed by atoms with Gasteiger partial charge in [-0.1, -0.05) is 13.0 Å². The maximum absolute atomic E-state index is 12.7. The Morgan fingerprint density at radius 1 is 1.03 bits per heavy atom. The highest BCUT2D eigenvalue weighted by Crippen LogP contribution is 2.36. The van der Waals surface area contributed by atoms with E-state index in [1.165, 1.54) is 0 Å². The Morgan fingerprint density at radius 2 is 1.87 bits per heavy atom. The van der Waals surface area contributed by atoms with E-state index in [-0.39, 0.29) is 5.91 Å². The Balaban J connectivity index is 1.66. The molecule has 6 nitrogen and oxygen atoms in total. The van der Waals surface area contributed by atoms with E-state index in [1.807, 2.05) is 54.6 Å². The molecule has 0 saturated carbocycles. The van der Waals surface area contributed by atoms with Gasteiger partial charge in [0.25, 0.3) is 5.91 Å². The summed E-state index contributed by atoms with van der Waals surface area (Å²) in [6.07, 6.45) is 2.54. The molecule has 0 bridgehead atoms. The monoisotopic (exact) mass is 415 g/mol. The average Bonchev–Trinajstić information content (AvgIpc) is 3.20. The summed E-state index contributed by atoms with van der Waals surface area (Å²) in [5, 5.41) is 3.98. The Labute approximate surface area is 181 Å². The molecule has 0 aliphatic heterocycles. The lowest BCUT2D eigenvalue weighted by Crippen LogP contribution is -2.23. The summed E-state index contributed by atoms with van der Waals surface area (Å²) < 4.78 is 10.8. The number of hydrogen-bond acceptors (Lipinski definition) is 4. The van der Waals surface area contributed by atoms with Crippen molar-refractivity contribution in [2.24, 2.45) is 0 Å². The van der Waals surface area contributed by atoms with Crippen molar-refractivity contribution >= 4 is 16.8 Å². The number of amides is 1. The standard InChI is InChI=1S/C25H25N3O3/c1-4-19-20-13-17(25(29)27-15-18-7-5-6-12-26-18)8-10-21(20)28-24(19)16-9-11-22(30-2)23(14-16)31-3/h5-14,28H,4,15H2,1-3H3,(H,27,29). The number of ether oxygens (including phenoxy) is 2.